The number of benzene rings is 1. The van der Waals surface area contributed by atoms with Crippen molar-refractivity contribution in [3.63, 3.8) is 0 Å². The van der Waals surface area contributed by atoms with Crippen LogP contribution in [0.2, 0.25) is 0 Å². The van der Waals surface area contributed by atoms with Gasteiger partial charge in [0.05, 0.1) is 7.11 Å². The minimum absolute atomic E-state index is 0.159. The highest BCUT2D eigenvalue weighted by molar-refractivity contribution is 5.83. The molecule has 0 saturated carbocycles. The fourth-order valence-electron chi connectivity index (χ4n) is 2.63. The van der Waals surface area contributed by atoms with E-state index in [0.29, 0.717) is 5.78 Å². The molecular weight excluding hydrogens is 226 g/mol. The second kappa shape index (κ2) is 5.53. The molecule has 1 fully saturated rings. The van der Waals surface area contributed by atoms with E-state index in [4.69, 9.17) is 4.74 Å². The lowest BCUT2D eigenvalue weighted by atomic mass is 9.90. The third kappa shape index (κ3) is 2.91. The van der Waals surface area contributed by atoms with E-state index < -0.39 is 0 Å². The van der Waals surface area contributed by atoms with Gasteiger partial charge in [0.2, 0.25) is 0 Å². The van der Waals surface area contributed by atoms with E-state index >= 15 is 0 Å². The number of methoxy groups -OCH3 is 1. The molecule has 0 spiro atoms. The Morgan fingerprint density at radius 1 is 1.17 bits per heavy atom. The monoisotopic (exact) mass is 247 g/mol. The standard InChI is InChI=1S/C15H21NO2/c1-11-8-16(9-12(2)15(11)17)10-13-4-6-14(18-3)7-5-13/h4-7,11-12H,8-10H2,1-3H3/t11-,12-/m1/s1. The molecule has 1 heterocycles. The molecule has 0 aromatic heterocycles. The number of carbonyl (C=O) groups is 1. The van der Waals surface area contributed by atoms with Crippen LogP contribution in [0.3, 0.4) is 0 Å². The molecular formula is C15H21NO2. The lowest BCUT2D eigenvalue weighted by Gasteiger charge is -2.33. The second-order valence-corrected chi connectivity index (χ2v) is 5.25. The van der Waals surface area contributed by atoms with Crippen LogP contribution in [-0.2, 0) is 11.3 Å². The Morgan fingerprint density at radius 2 is 1.72 bits per heavy atom. The number of Topliss-reactive ketones (excluding diaryl/α,β-unsaturated/α-hetero) is 1. The van der Waals surface area contributed by atoms with Crippen molar-refractivity contribution in [1.29, 1.82) is 0 Å². The summed E-state index contributed by atoms with van der Waals surface area (Å²) in [6, 6.07) is 8.14. The van der Waals surface area contributed by atoms with Crippen LogP contribution in [0.15, 0.2) is 24.3 Å². The average Bonchev–Trinajstić information content (AvgIpc) is 2.37. The number of likely N-dealkylation sites (tertiary alicyclic amines) is 1. The summed E-state index contributed by atoms with van der Waals surface area (Å²) in [5.41, 5.74) is 1.27. The van der Waals surface area contributed by atoms with Gasteiger partial charge in [0.25, 0.3) is 0 Å². The molecule has 2 atom stereocenters. The van der Waals surface area contributed by atoms with Gasteiger partial charge < -0.3 is 4.74 Å². The lowest BCUT2D eigenvalue weighted by molar-refractivity contribution is -0.130. The molecule has 0 radical (unpaired) electrons. The molecule has 1 aromatic rings. The molecule has 0 N–H and O–H groups in total. The molecule has 18 heavy (non-hydrogen) atoms. The number of ketones is 1. The molecule has 0 aliphatic carbocycles. The normalized spacial score (nSPS) is 25.2. The molecule has 3 nitrogen and oxygen atoms in total. The Kier molecular flexibility index (Phi) is 4.02. The second-order valence-electron chi connectivity index (χ2n) is 5.25. The van der Waals surface area contributed by atoms with E-state index in [1.54, 1.807) is 7.11 Å². The largest absolute Gasteiger partial charge is 0.497 e. The van der Waals surface area contributed by atoms with Crippen LogP contribution < -0.4 is 4.74 Å². The highest BCUT2D eigenvalue weighted by Gasteiger charge is 2.29. The van der Waals surface area contributed by atoms with Crippen LogP contribution in [-0.4, -0.2) is 30.9 Å². The summed E-state index contributed by atoms with van der Waals surface area (Å²) in [6.07, 6.45) is 0. The van der Waals surface area contributed by atoms with E-state index in [0.717, 1.165) is 25.4 Å². The first-order valence-electron chi connectivity index (χ1n) is 6.49. The minimum atomic E-state index is 0.159. The number of hydrogen-bond acceptors (Lipinski definition) is 3. The van der Waals surface area contributed by atoms with E-state index in [1.165, 1.54) is 5.56 Å². The summed E-state index contributed by atoms with van der Waals surface area (Å²) in [4.78, 5) is 14.1. The van der Waals surface area contributed by atoms with Gasteiger partial charge in [-0.1, -0.05) is 26.0 Å². The van der Waals surface area contributed by atoms with Gasteiger partial charge in [0.15, 0.2) is 0 Å². The molecule has 98 valence electrons. The molecule has 0 unspecified atom stereocenters. The van der Waals surface area contributed by atoms with Gasteiger partial charge in [-0.05, 0) is 17.7 Å². The van der Waals surface area contributed by atoms with Gasteiger partial charge in [-0.2, -0.15) is 0 Å². The zero-order valence-electron chi connectivity index (χ0n) is 11.3. The summed E-state index contributed by atoms with van der Waals surface area (Å²) in [7, 11) is 1.68. The molecule has 1 aliphatic rings. The van der Waals surface area contributed by atoms with Gasteiger partial charge in [0.1, 0.15) is 11.5 Å². The van der Waals surface area contributed by atoms with Crippen LogP contribution >= 0.6 is 0 Å². The zero-order valence-corrected chi connectivity index (χ0v) is 11.3. The van der Waals surface area contributed by atoms with Crippen molar-refractivity contribution < 1.29 is 9.53 Å². The number of ether oxygens (including phenoxy) is 1. The Bertz CT molecular complexity index is 399. The summed E-state index contributed by atoms with van der Waals surface area (Å²) < 4.78 is 5.15. The maximum Gasteiger partial charge on any atom is 0.141 e. The van der Waals surface area contributed by atoms with Crippen LogP contribution in [0.1, 0.15) is 19.4 Å². The maximum atomic E-state index is 11.8. The van der Waals surface area contributed by atoms with Gasteiger partial charge in [0, 0.05) is 31.5 Å². The SMILES string of the molecule is COc1ccc(CN2C[C@@H](C)C(=O)[C@H](C)C2)cc1. The number of nitrogens with zero attached hydrogens (tertiary/aromatic N) is 1. The number of rotatable bonds is 3. The summed E-state index contributed by atoms with van der Waals surface area (Å²) in [6.45, 7) is 6.70. The van der Waals surface area contributed by atoms with Crippen LogP contribution in [0.5, 0.6) is 5.75 Å². The predicted octanol–water partition coefficient (Wildman–Crippen LogP) is 2.35. The Morgan fingerprint density at radius 3 is 2.22 bits per heavy atom. The smallest absolute Gasteiger partial charge is 0.141 e. The lowest BCUT2D eigenvalue weighted by Crippen LogP contribution is -2.44. The minimum Gasteiger partial charge on any atom is -0.497 e. The number of piperidine rings is 1. The van der Waals surface area contributed by atoms with Gasteiger partial charge in [-0.15, -0.1) is 0 Å². The van der Waals surface area contributed by atoms with Gasteiger partial charge in [-0.3, -0.25) is 9.69 Å². The van der Waals surface area contributed by atoms with Crippen molar-refractivity contribution in [3.8, 4) is 5.75 Å². The first kappa shape index (κ1) is 13.1. The molecule has 1 aliphatic heterocycles. The summed E-state index contributed by atoms with van der Waals surface area (Å²) in [5, 5.41) is 0. The highest BCUT2D eigenvalue weighted by atomic mass is 16.5. The molecule has 0 amide bonds. The first-order valence-corrected chi connectivity index (χ1v) is 6.49. The van der Waals surface area contributed by atoms with E-state index in [9.17, 15) is 4.79 Å². The first-order chi connectivity index (χ1) is 8.60. The van der Waals surface area contributed by atoms with Gasteiger partial charge in [-0.25, -0.2) is 0 Å². The van der Waals surface area contributed by atoms with Crippen molar-refractivity contribution in [2.24, 2.45) is 11.8 Å². The molecule has 0 bridgehead atoms. The number of carbonyl (C=O) groups excluding carboxylic acids is 1. The van der Waals surface area contributed by atoms with Crippen LogP contribution in [0.25, 0.3) is 0 Å². The van der Waals surface area contributed by atoms with Crippen molar-refractivity contribution in [2.75, 3.05) is 20.2 Å². The topological polar surface area (TPSA) is 29.5 Å². The molecule has 1 saturated heterocycles. The zero-order chi connectivity index (χ0) is 13.1. The van der Waals surface area contributed by atoms with Crippen LogP contribution in [0, 0.1) is 11.8 Å². The Hall–Kier alpha value is -1.35. The molecule has 2 rings (SSSR count). The van der Waals surface area contributed by atoms with Crippen molar-refractivity contribution in [2.45, 2.75) is 20.4 Å². The van der Waals surface area contributed by atoms with E-state index in [2.05, 4.69) is 17.0 Å². The predicted molar refractivity (Wildman–Crippen MR) is 71.6 cm³/mol. The van der Waals surface area contributed by atoms with E-state index in [1.807, 2.05) is 26.0 Å². The highest BCUT2D eigenvalue weighted by Crippen LogP contribution is 2.20. The molecule has 3 heteroatoms. The third-order valence-corrected chi connectivity index (χ3v) is 3.60. The van der Waals surface area contributed by atoms with Crippen molar-refractivity contribution in [1.82, 2.24) is 4.90 Å². The van der Waals surface area contributed by atoms with Crippen LogP contribution in [0.4, 0.5) is 0 Å². The molecule has 1 aromatic carbocycles. The fraction of sp³-hybridized carbons (Fsp3) is 0.533. The Labute approximate surface area is 109 Å². The van der Waals surface area contributed by atoms with Crippen molar-refractivity contribution in [3.05, 3.63) is 29.8 Å². The Balaban J connectivity index is 1.98. The summed E-state index contributed by atoms with van der Waals surface area (Å²) in [5.74, 6) is 1.61. The average molecular weight is 247 g/mol. The van der Waals surface area contributed by atoms with E-state index in [-0.39, 0.29) is 11.8 Å². The third-order valence-electron chi connectivity index (χ3n) is 3.60. The quantitative estimate of drug-likeness (QED) is 0.821. The van der Waals surface area contributed by atoms with Crippen molar-refractivity contribution >= 4 is 5.78 Å². The number of hydrogen-bond donors (Lipinski definition) is 0. The fourth-order valence-corrected chi connectivity index (χ4v) is 2.63. The van der Waals surface area contributed by atoms with Gasteiger partial charge >= 0.3 is 0 Å². The summed E-state index contributed by atoms with van der Waals surface area (Å²) >= 11 is 0. The maximum absolute atomic E-state index is 11.8.